The fourth-order valence-corrected chi connectivity index (χ4v) is 3.92. The minimum absolute atomic E-state index is 0.0280. The molecular formula is C19H25N7O. The third-order valence-electron chi connectivity index (χ3n) is 5.21. The van der Waals surface area contributed by atoms with Crippen molar-refractivity contribution in [2.24, 2.45) is 7.05 Å². The zero-order chi connectivity index (χ0) is 18.8. The van der Waals surface area contributed by atoms with E-state index in [1.54, 1.807) is 24.0 Å². The molecule has 0 spiro atoms. The molecule has 0 amide bonds. The second kappa shape index (κ2) is 7.48. The molecule has 8 nitrogen and oxygen atoms in total. The van der Waals surface area contributed by atoms with Crippen LogP contribution in [0.4, 0.5) is 0 Å². The zero-order valence-electron chi connectivity index (χ0n) is 15.8. The summed E-state index contributed by atoms with van der Waals surface area (Å²) in [5.74, 6) is 1.89. The summed E-state index contributed by atoms with van der Waals surface area (Å²) in [6.45, 7) is 5.43. The number of aryl methyl sites for hydroxylation is 1. The Balaban J connectivity index is 1.53. The van der Waals surface area contributed by atoms with Gasteiger partial charge in [0, 0.05) is 56.9 Å². The Morgan fingerprint density at radius 3 is 2.81 bits per heavy atom. The van der Waals surface area contributed by atoms with Gasteiger partial charge in [0.25, 0.3) is 0 Å². The van der Waals surface area contributed by atoms with Crippen molar-refractivity contribution < 1.29 is 0 Å². The molecule has 0 N–H and O–H groups in total. The van der Waals surface area contributed by atoms with Crippen LogP contribution in [-0.4, -0.2) is 46.9 Å². The van der Waals surface area contributed by atoms with Gasteiger partial charge in [0.2, 0.25) is 5.95 Å². The number of piperidine rings is 1. The van der Waals surface area contributed by atoms with Crippen LogP contribution in [0.3, 0.4) is 0 Å². The van der Waals surface area contributed by atoms with Gasteiger partial charge in [0.1, 0.15) is 5.82 Å². The molecule has 1 aliphatic heterocycles. The Labute approximate surface area is 158 Å². The van der Waals surface area contributed by atoms with E-state index in [1.165, 1.54) is 4.68 Å². The molecule has 142 valence electrons. The van der Waals surface area contributed by atoms with Crippen LogP contribution >= 0.6 is 0 Å². The van der Waals surface area contributed by atoms with Gasteiger partial charge in [-0.2, -0.15) is 5.10 Å². The predicted octanol–water partition coefficient (Wildman–Crippen LogP) is 1.56. The first-order valence-corrected chi connectivity index (χ1v) is 9.47. The molecule has 27 heavy (non-hydrogen) atoms. The van der Waals surface area contributed by atoms with Gasteiger partial charge in [-0.15, -0.1) is 0 Å². The lowest BCUT2D eigenvalue weighted by molar-refractivity contribution is 0.191. The van der Waals surface area contributed by atoms with E-state index in [-0.39, 0.29) is 11.6 Å². The Bertz CT molecular complexity index is 956. The van der Waals surface area contributed by atoms with Gasteiger partial charge in [-0.3, -0.25) is 14.0 Å². The lowest BCUT2D eigenvalue weighted by Gasteiger charge is -2.32. The first-order valence-electron chi connectivity index (χ1n) is 9.47. The molecule has 1 atom stereocenters. The topological polar surface area (TPSA) is 73.8 Å². The molecule has 1 aliphatic rings. The number of likely N-dealkylation sites (tertiary alicyclic amines) is 1. The summed E-state index contributed by atoms with van der Waals surface area (Å²) in [6.07, 6.45) is 7.68. The molecule has 0 aliphatic carbocycles. The lowest BCUT2D eigenvalue weighted by atomic mass is 9.97. The number of nitrogens with zero attached hydrogens (tertiary/aromatic N) is 7. The van der Waals surface area contributed by atoms with Crippen LogP contribution in [0.2, 0.25) is 0 Å². The quantitative estimate of drug-likeness (QED) is 0.684. The maximum absolute atomic E-state index is 12.2. The van der Waals surface area contributed by atoms with E-state index in [0.717, 1.165) is 44.0 Å². The number of hydrogen-bond donors (Lipinski definition) is 0. The van der Waals surface area contributed by atoms with E-state index in [2.05, 4.69) is 26.0 Å². The van der Waals surface area contributed by atoms with Gasteiger partial charge in [0.05, 0.1) is 0 Å². The number of aromatic nitrogens is 6. The van der Waals surface area contributed by atoms with Crippen LogP contribution in [0.5, 0.6) is 0 Å². The molecule has 0 aromatic carbocycles. The van der Waals surface area contributed by atoms with Crippen molar-refractivity contribution in [3.63, 3.8) is 0 Å². The van der Waals surface area contributed by atoms with Gasteiger partial charge in [0.15, 0.2) is 0 Å². The first-order chi connectivity index (χ1) is 13.2. The minimum atomic E-state index is -0.0280. The molecule has 0 bridgehead atoms. The van der Waals surface area contributed by atoms with Crippen molar-refractivity contribution in [1.29, 1.82) is 0 Å². The lowest BCUT2D eigenvalue weighted by Crippen LogP contribution is -2.36. The molecule has 3 aromatic heterocycles. The number of hydrogen-bond acceptors (Lipinski definition) is 5. The van der Waals surface area contributed by atoms with E-state index in [0.29, 0.717) is 12.5 Å². The van der Waals surface area contributed by atoms with E-state index < -0.39 is 0 Å². The molecule has 1 saturated heterocycles. The molecule has 0 saturated carbocycles. The maximum Gasteiger partial charge on any atom is 0.345 e. The van der Waals surface area contributed by atoms with E-state index in [9.17, 15) is 4.79 Å². The molecule has 4 rings (SSSR count). The van der Waals surface area contributed by atoms with E-state index in [1.807, 2.05) is 29.8 Å². The second-order valence-corrected chi connectivity index (χ2v) is 7.00. The number of rotatable bonds is 5. The van der Waals surface area contributed by atoms with Crippen LogP contribution in [-0.2, 0) is 20.1 Å². The molecule has 4 heterocycles. The third-order valence-corrected chi connectivity index (χ3v) is 5.21. The van der Waals surface area contributed by atoms with Crippen molar-refractivity contribution >= 4 is 0 Å². The highest BCUT2D eigenvalue weighted by molar-refractivity contribution is 5.20. The smallest absolute Gasteiger partial charge is 0.297 e. The molecule has 3 aromatic rings. The monoisotopic (exact) mass is 367 g/mol. The summed E-state index contributed by atoms with van der Waals surface area (Å²) in [5, 5.41) is 4.52. The molecule has 1 fully saturated rings. The average molecular weight is 367 g/mol. The highest BCUT2D eigenvalue weighted by Gasteiger charge is 2.27. The van der Waals surface area contributed by atoms with Gasteiger partial charge in [-0.05, 0) is 44.5 Å². The van der Waals surface area contributed by atoms with Crippen LogP contribution in [0.1, 0.15) is 37.2 Å². The minimum Gasteiger partial charge on any atom is -0.297 e. The fourth-order valence-electron chi connectivity index (χ4n) is 3.92. The van der Waals surface area contributed by atoms with Gasteiger partial charge in [-0.1, -0.05) is 0 Å². The average Bonchev–Trinajstić information content (AvgIpc) is 3.27. The van der Waals surface area contributed by atoms with Crippen molar-refractivity contribution in [3.8, 4) is 5.95 Å². The Morgan fingerprint density at radius 1 is 1.22 bits per heavy atom. The Hall–Kier alpha value is -2.74. The molecule has 8 heteroatoms. The predicted molar refractivity (Wildman–Crippen MR) is 102 cm³/mol. The van der Waals surface area contributed by atoms with E-state index in [4.69, 9.17) is 0 Å². The molecule has 0 radical (unpaired) electrons. The fraction of sp³-hybridized carbons (Fsp3) is 0.474. The summed E-state index contributed by atoms with van der Waals surface area (Å²) in [4.78, 5) is 23.4. The summed E-state index contributed by atoms with van der Waals surface area (Å²) >= 11 is 0. The van der Waals surface area contributed by atoms with Crippen molar-refractivity contribution in [1.82, 2.24) is 33.8 Å². The standard InChI is InChI=1S/C19H25N7O/c1-3-25-17(22-23(2)19(25)27)15-7-4-11-24(13-15)14-16-8-5-12-26(16)18-20-9-6-10-21-18/h5-6,8-10,12,15H,3-4,7,11,13-14H2,1-2H3/t15-/m1/s1. The van der Waals surface area contributed by atoms with Crippen LogP contribution in [0.25, 0.3) is 5.95 Å². The van der Waals surface area contributed by atoms with Crippen LogP contribution in [0, 0.1) is 0 Å². The van der Waals surface area contributed by atoms with Gasteiger partial charge in [-0.25, -0.2) is 19.4 Å². The van der Waals surface area contributed by atoms with Gasteiger partial charge < -0.3 is 0 Å². The summed E-state index contributed by atoms with van der Waals surface area (Å²) in [5.41, 5.74) is 1.13. The summed E-state index contributed by atoms with van der Waals surface area (Å²) < 4.78 is 5.29. The normalized spacial score (nSPS) is 18.1. The van der Waals surface area contributed by atoms with Crippen LogP contribution in [0.15, 0.2) is 41.6 Å². The largest absolute Gasteiger partial charge is 0.345 e. The van der Waals surface area contributed by atoms with Crippen molar-refractivity contribution in [3.05, 3.63) is 58.8 Å². The zero-order valence-corrected chi connectivity index (χ0v) is 15.8. The summed E-state index contributed by atoms with van der Waals surface area (Å²) in [6, 6.07) is 5.96. The summed E-state index contributed by atoms with van der Waals surface area (Å²) in [7, 11) is 1.73. The molecule has 0 unspecified atom stereocenters. The van der Waals surface area contributed by atoms with Crippen LogP contribution < -0.4 is 5.69 Å². The Morgan fingerprint density at radius 2 is 2.04 bits per heavy atom. The molecular weight excluding hydrogens is 342 g/mol. The van der Waals surface area contributed by atoms with Crippen molar-refractivity contribution in [2.75, 3.05) is 13.1 Å². The third kappa shape index (κ3) is 3.44. The maximum atomic E-state index is 12.2. The SMILES string of the molecule is CCn1c([C@@H]2CCCN(Cc3cccn3-c3ncccn3)C2)nn(C)c1=O. The second-order valence-electron chi connectivity index (χ2n) is 7.00. The van der Waals surface area contributed by atoms with E-state index >= 15 is 0 Å². The first kappa shape index (κ1) is 17.7. The highest BCUT2D eigenvalue weighted by atomic mass is 16.2. The Kier molecular flexibility index (Phi) is 4.89. The highest BCUT2D eigenvalue weighted by Crippen LogP contribution is 2.26. The van der Waals surface area contributed by atoms with Gasteiger partial charge >= 0.3 is 5.69 Å². The van der Waals surface area contributed by atoms with Crippen molar-refractivity contribution in [2.45, 2.75) is 38.8 Å².